The van der Waals surface area contributed by atoms with Crippen LogP contribution in [0.3, 0.4) is 0 Å². The monoisotopic (exact) mass is 242 g/mol. The maximum absolute atomic E-state index is 10.0. The van der Waals surface area contributed by atoms with Crippen molar-refractivity contribution in [3.63, 3.8) is 0 Å². The molecule has 0 fully saturated rings. The van der Waals surface area contributed by atoms with Crippen molar-refractivity contribution in [3.8, 4) is 0 Å². The minimum absolute atomic E-state index is 0.0856. The summed E-state index contributed by atoms with van der Waals surface area (Å²) in [4.78, 5) is 0. The van der Waals surface area contributed by atoms with Gasteiger partial charge in [0, 0.05) is 0 Å². The molecule has 0 unspecified atom stereocenters. The molecule has 0 atom stereocenters. The third kappa shape index (κ3) is 6.93. The third-order valence-corrected chi connectivity index (χ3v) is 4.76. The van der Waals surface area contributed by atoms with Crippen molar-refractivity contribution < 1.29 is 31.8 Å². The van der Waals surface area contributed by atoms with Gasteiger partial charge in [0.05, 0.1) is 0 Å². The summed E-state index contributed by atoms with van der Waals surface area (Å²) in [5, 5.41) is 0. The van der Waals surface area contributed by atoms with Gasteiger partial charge in [0.15, 0.2) is 0 Å². The Balaban J connectivity index is 4.32. The van der Waals surface area contributed by atoms with Crippen LogP contribution in [-0.2, 0) is 28.1 Å². The van der Waals surface area contributed by atoms with Crippen LogP contribution >= 0.6 is 0 Å². The molecule has 14 heavy (non-hydrogen) atoms. The Morgan fingerprint density at radius 1 is 0.714 bits per heavy atom. The Morgan fingerprint density at radius 3 is 1.07 bits per heavy atom. The Morgan fingerprint density at radius 2 is 0.929 bits per heavy atom. The van der Waals surface area contributed by atoms with Crippen LogP contribution in [0, 0.1) is 0 Å². The third-order valence-electron chi connectivity index (χ3n) is 1.15. The van der Waals surface area contributed by atoms with E-state index in [1.165, 1.54) is 0 Å². The van der Waals surface area contributed by atoms with Crippen molar-refractivity contribution in [1.29, 1.82) is 0 Å². The van der Waals surface area contributed by atoms with Crippen LogP contribution in [-0.4, -0.2) is 22.0 Å². The minimum atomic E-state index is -3.97. The zero-order valence-corrected chi connectivity index (χ0v) is 11.5. The first-order valence-corrected chi connectivity index (χ1v) is 7.62. The van der Waals surface area contributed by atoms with Gasteiger partial charge in [0.1, 0.15) is 0 Å². The molecule has 0 aromatic carbocycles. The van der Waals surface area contributed by atoms with Crippen molar-refractivity contribution >= 4 is 0 Å². The predicted octanol–water partition coefficient (Wildman–Crippen LogP) is 2.07. The summed E-state index contributed by atoms with van der Waals surface area (Å²) in [6.07, 6.45) is -0.257. The van der Waals surface area contributed by atoms with Crippen molar-refractivity contribution in [1.82, 2.24) is 0 Å². The second-order valence-corrected chi connectivity index (χ2v) is 6.76. The first-order chi connectivity index (χ1) is 6.25. The molecule has 0 amide bonds. The van der Waals surface area contributed by atoms with Gasteiger partial charge >= 0.3 is 91.6 Å². The van der Waals surface area contributed by atoms with E-state index in [1.807, 2.05) is 41.5 Å². The first kappa shape index (κ1) is 14.6. The zero-order valence-electron chi connectivity index (χ0n) is 9.90. The van der Waals surface area contributed by atoms with Gasteiger partial charge in [-0.15, -0.1) is 0 Å². The Kier molecular flexibility index (Phi) is 6.45. The quantitative estimate of drug-likeness (QED) is 0.724. The molecule has 0 radical (unpaired) electrons. The Hall–Kier alpha value is 0.554. The summed E-state index contributed by atoms with van der Waals surface area (Å²) in [5.41, 5.74) is 0. The van der Waals surface area contributed by atoms with Crippen molar-refractivity contribution in [2.24, 2.45) is 0 Å². The Bertz CT molecular complexity index is 132. The normalized spacial score (nSPS) is 13.3. The van der Waals surface area contributed by atoms with Gasteiger partial charge in [-0.2, -0.15) is 0 Å². The topological polar surface area (TPSA) is 47.9 Å². The SMILES string of the molecule is CC(C)[O][Ti]([OH])([O]C(C)C)[O]C(C)C. The van der Waals surface area contributed by atoms with E-state index in [-0.39, 0.29) is 18.3 Å². The van der Waals surface area contributed by atoms with Crippen LogP contribution in [0.15, 0.2) is 0 Å². The molecule has 0 spiro atoms. The van der Waals surface area contributed by atoms with Crippen molar-refractivity contribution in [3.05, 3.63) is 0 Å². The standard InChI is InChI=1S/3C3H7O.H2O.Ti/c3*1-3(2)4;;/h3*3H,1-2H3;1H2;/q3*-1;;+4/p-1. The van der Waals surface area contributed by atoms with Gasteiger partial charge in [-0.1, -0.05) is 0 Å². The predicted molar refractivity (Wildman–Crippen MR) is 50.9 cm³/mol. The molecule has 0 saturated carbocycles. The molecular formula is C9H22O4Ti. The van der Waals surface area contributed by atoms with Gasteiger partial charge < -0.3 is 0 Å². The molecule has 0 heterocycles. The van der Waals surface area contributed by atoms with E-state index in [4.69, 9.17) is 9.96 Å². The number of hydrogen-bond donors (Lipinski definition) is 1. The molecule has 5 heteroatoms. The average Bonchev–Trinajstić information content (AvgIpc) is 1.76. The molecule has 0 bridgehead atoms. The second kappa shape index (κ2) is 6.21. The summed E-state index contributed by atoms with van der Waals surface area (Å²) >= 11 is -3.97. The molecule has 0 rings (SSSR count). The molecule has 0 aliphatic heterocycles. The summed E-state index contributed by atoms with van der Waals surface area (Å²) < 4.78 is 26.1. The first-order valence-electron chi connectivity index (χ1n) is 5.01. The molecule has 0 aliphatic rings. The van der Waals surface area contributed by atoms with E-state index in [0.29, 0.717) is 0 Å². The van der Waals surface area contributed by atoms with E-state index in [9.17, 15) is 3.69 Å². The average molecular weight is 242 g/mol. The molecule has 0 aromatic rings. The zero-order chi connectivity index (χ0) is 11.4. The fourth-order valence-electron chi connectivity index (χ4n) is 0.977. The van der Waals surface area contributed by atoms with E-state index in [0.717, 1.165) is 0 Å². The maximum atomic E-state index is 10.0. The number of hydrogen-bond acceptors (Lipinski definition) is 4. The van der Waals surface area contributed by atoms with Gasteiger partial charge in [0.25, 0.3) is 0 Å². The summed E-state index contributed by atoms with van der Waals surface area (Å²) in [7, 11) is 0. The summed E-state index contributed by atoms with van der Waals surface area (Å²) in [6, 6.07) is 0. The van der Waals surface area contributed by atoms with Crippen LogP contribution in [0.25, 0.3) is 0 Å². The summed E-state index contributed by atoms with van der Waals surface area (Å²) in [6.45, 7) is 11.1. The van der Waals surface area contributed by atoms with Crippen LogP contribution in [0.4, 0.5) is 0 Å². The van der Waals surface area contributed by atoms with Gasteiger partial charge in [-0.3, -0.25) is 0 Å². The van der Waals surface area contributed by atoms with Gasteiger partial charge in [0.2, 0.25) is 0 Å². The van der Waals surface area contributed by atoms with Crippen LogP contribution in [0.1, 0.15) is 41.5 Å². The number of rotatable bonds is 6. The van der Waals surface area contributed by atoms with E-state index in [1.54, 1.807) is 0 Å². The molecule has 0 aromatic heterocycles. The van der Waals surface area contributed by atoms with Crippen LogP contribution in [0.5, 0.6) is 0 Å². The van der Waals surface area contributed by atoms with E-state index < -0.39 is 18.1 Å². The van der Waals surface area contributed by atoms with Gasteiger partial charge in [-0.25, -0.2) is 0 Å². The summed E-state index contributed by atoms with van der Waals surface area (Å²) in [5.74, 6) is 0. The molecule has 0 aliphatic carbocycles. The van der Waals surface area contributed by atoms with Crippen molar-refractivity contribution in [2.75, 3.05) is 0 Å². The molecule has 86 valence electrons. The molecule has 4 nitrogen and oxygen atoms in total. The fourth-order valence-corrected chi connectivity index (χ4v) is 4.03. The van der Waals surface area contributed by atoms with Crippen LogP contribution in [0.2, 0.25) is 0 Å². The van der Waals surface area contributed by atoms with Crippen molar-refractivity contribution in [2.45, 2.75) is 59.9 Å². The second-order valence-electron chi connectivity index (χ2n) is 4.02. The molecule has 1 N–H and O–H groups in total. The van der Waals surface area contributed by atoms with E-state index >= 15 is 0 Å². The van der Waals surface area contributed by atoms with Crippen LogP contribution < -0.4 is 0 Å². The Labute approximate surface area is 91.8 Å². The molecular weight excluding hydrogens is 220 g/mol. The van der Waals surface area contributed by atoms with E-state index in [2.05, 4.69) is 0 Å². The van der Waals surface area contributed by atoms with Gasteiger partial charge in [-0.05, 0) is 0 Å². The molecule has 0 saturated heterocycles. The fraction of sp³-hybridized carbons (Fsp3) is 1.00.